The summed E-state index contributed by atoms with van der Waals surface area (Å²) in [5.74, 6) is -1.52. The van der Waals surface area contributed by atoms with Crippen molar-refractivity contribution in [2.45, 2.75) is 37.1 Å². The van der Waals surface area contributed by atoms with E-state index in [4.69, 9.17) is 9.88 Å². The van der Waals surface area contributed by atoms with Crippen LogP contribution >= 0.6 is 0 Å². The molecule has 0 saturated heterocycles. The number of nitrogens with two attached hydrogens (primary N) is 1. The number of hydrogen-bond acceptors (Lipinski definition) is 6. The molecule has 0 aliphatic heterocycles. The largest absolute Gasteiger partial charge is 0.451 e. The number of nitrogens with one attached hydrogen (secondary N) is 1. The molecule has 0 aliphatic carbocycles. The first-order valence-electron chi connectivity index (χ1n) is 8.56. The molecule has 0 bridgehead atoms. The number of sulfonamides is 1. The first-order chi connectivity index (χ1) is 13.9. The Morgan fingerprint density at radius 2 is 1.87 bits per heavy atom. The lowest BCUT2D eigenvalue weighted by Gasteiger charge is -2.13. The van der Waals surface area contributed by atoms with E-state index in [2.05, 4.69) is 10.4 Å². The van der Waals surface area contributed by atoms with Crippen molar-refractivity contribution in [3.63, 3.8) is 0 Å². The lowest BCUT2D eigenvalue weighted by molar-refractivity contribution is -0.155. The molecule has 0 radical (unpaired) electrons. The van der Waals surface area contributed by atoms with Crippen molar-refractivity contribution in [1.29, 1.82) is 0 Å². The van der Waals surface area contributed by atoms with Gasteiger partial charge in [0.05, 0.1) is 4.90 Å². The lowest BCUT2D eigenvalue weighted by atomic mass is 10.1. The highest BCUT2D eigenvalue weighted by Gasteiger charge is 2.33. The molecule has 1 amide bonds. The predicted octanol–water partition coefficient (Wildman–Crippen LogP) is 0.840. The number of nitrogens with zero attached hydrogens (tertiary/aromatic N) is 2. The summed E-state index contributed by atoms with van der Waals surface area (Å²) in [5.41, 5.74) is -0.398. The Morgan fingerprint density at radius 1 is 1.23 bits per heavy atom. The van der Waals surface area contributed by atoms with Crippen LogP contribution in [0.3, 0.4) is 0 Å². The van der Waals surface area contributed by atoms with Crippen LogP contribution in [0.5, 0.6) is 0 Å². The standard InChI is InChI=1S/C17H19F3N4O5S/c1-11(29-15(25)10-24-9-7-14(23-24)17(18,19)20)16(26)22-8-6-12-2-4-13(5-3-12)30(21,27)28/h2-5,7,9,11H,6,8,10H2,1H3,(H,22,26)(H2,21,27,28). The summed E-state index contributed by atoms with van der Waals surface area (Å²) < 4.78 is 65.5. The normalized spacial score (nSPS) is 13.0. The highest BCUT2D eigenvalue weighted by molar-refractivity contribution is 7.89. The number of rotatable bonds is 8. The Morgan fingerprint density at radius 3 is 2.40 bits per heavy atom. The second-order valence-electron chi connectivity index (χ2n) is 6.26. The van der Waals surface area contributed by atoms with Crippen molar-refractivity contribution >= 4 is 21.9 Å². The minimum Gasteiger partial charge on any atom is -0.451 e. The quantitative estimate of drug-likeness (QED) is 0.575. The topological polar surface area (TPSA) is 133 Å². The Balaban J connectivity index is 1.77. The van der Waals surface area contributed by atoms with Gasteiger partial charge in [0.25, 0.3) is 5.91 Å². The average molecular weight is 448 g/mol. The maximum absolute atomic E-state index is 12.5. The summed E-state index contributed by atoms with van der Waals surface area (Å²) in [6, 6.07) is 6.51. The smallest absolute Gasteiger partial charge is 0.435 e. The fourth-order valence-electron chi connectivity index (χ4n) is 2.34. The summed E-state index contributed by atoms with van der Waals surface area (Å²) in [7, 11) is -3.79. The van der Waals surface area contributed by atoms with E-state index >= 15 is 0 Å². The molecule has 9 nitrogen and oxygen atoms in total. The molecule has 1 heterocycles. The van der Waals surface area contributed by atoms with Gasteiger partial charge in [-0.05, 0) is 37.1 Å². The highest BCUT2D eigenvalue weighted by Crippen LogP contribution is 2.27. The number of aromatic nitrogens is 2. The number of carbonyl (C=O) groups excluding carboxylic acids is 2. The van der Waals surface area contributed by atoms with Crippen LogP contribution < -0.4 is 10.5 Å². The van der Waals surface area contributed by atoms with Gasteiger partial charge < -0.3 is 10.1 Å². The van der Waals surface area contributed by atoms with Gasteiger partial charge in [-0.1, -0.05) is 12.1 Å². The van der Waals surface area contributed by atoms with Crippen LogP contribution in [0.4, 0.5) is 13.2 Å². The van der Waals surface area contributed by atoms with Gasteiger partial charge in [-0.25, -0.2) is 13.6 Å². The van der Waals surface area contributed by atoms with E-state index in [0.29, 0.717) is 6.42 Å². The van der Waals surface area contributed by atoms with Gasteiger partial charge in [-0.3, -0.25) is 14.3 Å². The van der Waals surface area contributed by atoms with Crippen molar-refractivity contribution in [2.24, 2.45) is 5.14 Å². The number of hydrogen-bond donors (Lipinski definition) is 2. The maximum Gasteiger partial charge on any atom is 0.435 e. The molecule has 2 rings (SSSR count). The molecule has 1 aromatic carbocycles. The zero-order chi connectivity index (χ0) is 22.5. The van der Waals surface area contributed by atoms with E-state index < -0.39 is 46.4 Å². The van der Waals surface area contributed by atoms with Gasteiger partial charge in [-0.15, -0.1) is 0 Å². The molecule has 0 saturated carbocycles. The molecular weight excluding hydrogens is 429 g/mol. The second kappa shape index (κ2) is 9.26. The number of primary sulfonamides is 1. The van der Waals surface area contributed by atoms with Crippen LogP contribution in [0.1, 0.15) is 18.2 Å². The molecule has 1 aromatic heterocycles. The first-order valence-corrected chi connectivity index (χ1v) is 10.1. The summed E-state index contributed by atoms with van der Waals surface area (Å²) in [6.07, 6.45) is -4.43. The SMILES string of the molecule is CC(OC(=O)Cn1ccc(C(F)(F)F)n1)C(=O)NCCc1ccc(S(N)(=O)=O)cc1. The Kier molecular flexibility index (Phi) is 7.21. The molecule has 30 heavy (non-hydrogen) atoms. The number of carbonyl (C=O) groups is 2. The molecule has 3 N–H and O–H groups in total. The number of benzene rings is 1. The number of ether oxygens (including phenoxy) is 1. The lowest BCUT2D eigenvalue weighted by Crippen LogP contribution is -2.37. The third-order valence-electron chi connectivity index (χ3n) is 3.86. The van der Waals surface area contributed by atoms with Gasteiger partial charge >= 0.3 is 12.1 Å². The van der Waals surface area contributed by atoms with E-state index in [-0.39, 0.29) is 11.4 Å². The van der Waals surface area contributed by atoms with Crippen LogP contribution in [-0.4, -0.2) is 42.7 Å². The molecule has 0 aliphatic rings. The zero-order valence-corrected chi connectivity index (χ0v) is 16.5. The second-order valence-corrected chi connectivity index (χ2v) is 7.82. The zero-order valence-electron chi connectivity index (χ0n) is 15.7. The van der Waals surface area contributed by atoms with Crippen molar-refractivity contribution < 1.29 is 35.9 Å². The maximum atomic E-state index is 12.5. The average Bonchev–Trinajstić information content (AvgIpc) is 3.10. The van der Waals surface area contributed by atoms with Gasteiger partial charge in [0.2, 0.25) is 10.0 Å². The van der Waals surface area contributed by atoms with Crippen molar-refractivity contribution in [3.05, 3.63) is 47.8 Å². The van der Waals surface area contributed by atoms with E-state index in [9.17, 15) is 31.2 Å². The van der Waals surface area contributed by atoms with E-state index in [1.165, 1.54) is 19.1 Å². The summed E-state index contributed by atoms with van der Waals surface area (Å²) in [6.45, 7) is 0.923. The van der Waals surface area contributed by atoms with E-state index in [1.54, 1.807) is 12.1 Å². The molecule has 1 unspecified atom stereocenters. The van der Waals surface area contributed by atoms with Crippen molar-refractivity contribution in [3.8, 4) is 0 Å². The molecular formula is C17H19F3N4O5S. The minimum atomic E-state index is -4.62. The summed E-state index contributed by atoms with van der Waals surface area (Å²) in [4.78, 5) is 23.7. The molecule has 164 valence electrons. The summed E-state index contributed by atoms with van der Waals surface area (Å²) >= 11 is 0. The number of esters is 1. The molecule has 0 spiro atoms. The fraction of sp³-hybridized carbons (Fsp3) is 0.353. The summed E-state index contributed by atoms with van der Waals surface area (Å²) in [5, 5.41) is 10.8. The van der Waals surface area contributed by atoms with Gasteiger partial charge in [0, 0.05) is 12.7 Å². The molecule has 0 fully saturated rings. The Hall–Kier alpha value is -2.93. The van der Waals surface area contributed by atoms with Gasteiger partial charge in [0.15, 0.2) is 11.8 Å². The molecule has 2 aromatic rings. The van der Waals surface area contributed by atoms with Gasteiger partial charge in [0.1, 0.15) is 6.54 Å². The third-order valence-corrected chi connectivity index (χ3v) is 4.79. The molecule has 13 heteroatoms. The third kappa shape index (κ3) is 6.84. The van der Waals surface area contributed by atoms with Crippen LogP contribution in [0.15, 0.2) is 41.4 Å². The van der Waals surface area contributed by atoms with E-state index in [0.717, 1.165) is 22.5 Å². The van der Waals surface area contributed by atoms with Crippen molar-refractivity contribution in [2.75, 3.05) is 6.54 Å². The van der Waals surface area contributed by atoms with E-state index in [1.807, 2.05) is 0 Å². The number of amides is 1. The van der Waals surface area contributed by atoms with Crippen LogP contribution in [0, 0.1) is 0 Å². The Labute approximate surface area is 170 Å². The Bertz CT molecular complexity index is 1000. The fourth-order valence-corrected chi connectivity index (χ4v) is 2.86. The van der Waals surface area contributed by atoms with Crippen molar-refractivity contribution in [1.82, 2.24) is 15.1 Å². The van der Waals surface area contributed by atoms with Gasteiger partial charge in [-0.2, -0.15) is 18.3 Å². The first kappa shape index (κ1) is 23.3. The highest BCUT2D eigenvalue weighted by atomic mass is 32.2. The van der Waals surface area contributed by atoms with Crippen LogP contribution in [0.25, 0.3) is 0 Å². The number of halogens is 3. The number of alkyl halides is 3. The van der Waals surface area contributed by atoms with Crippen LogP contribution in [0.2, 0.25) is 0 Å². The minimum absolute atomic E-state index is 0.0321. The van der Waals surface area contributed by atoms with Crippen LogP contribution in [-0.2, 0) is 43.5 Å². The monoisotopic (exact) mass is 448 g/mol. The predicted molar refractivity (Wildman–Crippen MR) is 97.3 cm³/mol. The molecule has 1 atom stereocenters.